The maximum absolute atomic E-state index is 12.5. The molecule has 3 heteroatoms. The second kappa shape index (κ2) is 4.50. The van der Waals surface area contributed by atoms with Gasteiger partial charge in [0.25, 0.3) is 5.91 Å². The van der Waals surface area contributed by atoms with Gasteiger partial charge in [-0.25, -0.2) is 0 Å². The van der Waals surface area contributed by atoms with Crippen molar-refractivity contribution in [3.05, 3.63) is 65.5 Å². The topological polar surface area (TPSA) is 33.2 Å². The summed E-state index contributed by atoms with van der Waals surface area (Å²) in [5.41, 5.74) is 2.78. The van der Waals surface area contributed by atoms with E-state index >= 15 is 0 Å². The fourth-order valence-electron chi connectivity index (χ4n) is 2.71. The summed E-state index contributed by atoms with van der Waals surface area (Å²) >= 11 is 0. The lowest BCUT2D eigenvalue weighted by molar-refractivity contribution is 0.0690. The smallest absolute Gasteiger partial charge is 0.255 e. The van der Waals surface area contributed by atoms with Gasteiger partial charge >= 0.3 is 0 Å². The Morgan fingerprint density at radius 3 is 2.53 bits per heavy atom. The third-order valence-electron chi connectivity index (χ3n) is 3.52. The molecule has 0 saturated carbocycles. The number of hydrogen-bond acceptors (Lipinski definition) is 2. The van der Waals surface area contributed by atoms with Crippen LogP contribution in [0.3, 0.4) is 0 Å². The van der Waals surface area contributed by atoms with Crippen molar-refractivity contribution in [3.8, 4) is 0 Å². The molecule has 0 saturated heterocycles. The summed E-state index contributed by atoms with van der Waals surface area (Å²) in [5.74, 6) is 0.0984. The Labute approximate surface area is 112 Å². The highest BCUT2D eigenvalue weighted by molar-refractivity contribution is 5.99. The first-order valence-corrected chi connectivity index (χ1v) is 6.52. The number of nitrogens with zero attached hydrogens (tertiary/aromatic N) is 2. The van der Waals surface area contributed by atoms with Crippen molar-refractivity contribution in [2.75, 3.05) is 0 Å². The number of benzene rings is 1. The number of hydrogen-bond donors (Lipinski definition) is 0. The van der Waals surface area contributed by atoms with Crippen molar-refractivity contribution >= 4 is 5.91 Å². The number of carbonyl (C=O) groups is 1. The summed E-state index contributed by atoms with van der Waals surface area (Å²) in [6, 6.07) is 13.7. The predicted molar refractivity (Wildman–Crippen MR) is 73.8 cm³/mol. The fraction of sp³-hybridized carbons (Fsp3) is 0.250. The summed E-state index contributed by atoms with van der Waals surface area (Å²) in [6.07, 6.45) is 1.78. The predicted octanol–water partition coefficient (Wildman–Crippen LogP) is 3.04. The minimum Gasteiger partial charge on any atom is -0.323 e. The van der Waals surface area contributed by atoms with Gasteiger partial charge in [0.15, 0.2) is 0 Å². The summed E-state index contributed by atoms with van der Waals surface area (Å²) in [6.45, 7) is 4.08. The van der Waals surface area contributed by atoms with Crippen LogP contribution in [-0.2, 0) is 0 Å². The molecule has 3 rings (SSSR count). The van der Waals surface area contributed by atoms with Gasteiger partial charge in [0, 0.05) is 17.8 Å². The molecule has 1 aliphatic heterocycles. The van der Waals surface area contributed by atoms with Crippen LogP contribution in [0, 0.1) is 0 Å². The van der Waals surface area contributed by atoms with Crippen LogP contribution in [0.25, 0.3) is 0 Å². The molecule has 1 unspecified atom stereocenters. The van der Waals surface area contributed by atoms with Crippen molar-refractivity contribution in [2.45, 2.75) is 25.9 Å². The lowest BCUT2D eigenvalue weighted by Gasteiger charge is -2.28. The third kappa shape index (κ3) is 1.82. The molecule has 0 spiro atoms. The number of pyridine rings is 1. The lowest BCUT2D eigenvalue weighted by atomic mass is 10.0. The first-order valence-electron chi connectivity index (χ1n) is 6.52. The number of aromatic nitrogens is 1. The van der Waals surface area contributed by atoms with E-state index in [0.29, 0.717) is 0 Å². The van der Waals surface area contributed by atoms with Crippen LogP contribution < -0.4 is 0 Å². The molecule has 1 aromatic heterocycles. The maximum atomic E-state index is 12.5. The quantitative estimate of drug-likeness (QED) is 0.823. The van der Waals surface area contributed by atoms with Gasteiger partial charge in [-0.2, -0.15) is 0 Å². The van der Waals surface area contributed by atoms with Gasteiger partial charge in [-0.15, -0.1) is 0 Å². The van der Waals surface area contributed by atoms with Gasteiger partial charge in [0.2, 0.25) is 0 Å². The SMILES string of the molecule is CC(C)N1C(=O)c2ccccc2C1c1ccccn1. The summed E-state index contributed by atoms with van der Waals surface area (Å²) in [7, 11) is 0. The highest BCUT2D eigenvalue weighted by atomic mass is 16.2. The first kappa shape index (κ1) is 11.9. The zero-order chi connectivity index (χ0) is 13.4. The Morgan fingerprint density at radius 1 is 1.11 bits per heavy atom. The van der Waals surface area contributed by atoms with Crippen LogP contribution in [0.4, 0.5) is 0 Å². The molecule has 1 atom stereocenters. The van der Waals surface area contributed by atoms with Gasteiger partial charge in [0.1, 0.15) is 6.04 Å². The molecular formula is C16H16N2O. The van der Waals surface area contributed by atoms with E-state index in [1.165, 1.54) is 0 Å². The molecule has 1 aliphatic rings. The Morgan fingerprint density at radius 2 is 1.84 bits per heavy atom. The van der Waals surface area contributed by atoms with Crippen LogP contribution >= 0.6 is 0 Å². The van der Waals surface area contributed by atoms with Crippen molar-refractivity contribution in [1.29, 1.82) is 0 Å². The molecule has 0 fully saturated rings. The van der Waals surface area contributed by atoms with Crippen molar-refractivity contribution in [2.24, 2.45) is 0 Å². The average Bonchev–Trinajstić information content (AvgIpc) is 2.74. The molecule has 0 bridgehead atoms. The number of carbonyl (C=O) groups excluding carboxylic acids is 1. The Hall–Kier alpha value is -2.16. The van der Waals surface area contributed by atoms with Crippen LogP contribution in [0.15, 0.2) is 48.7 Å². The molecule has 96 valence electrons. The minimum atomic E-state index is -0.0649. The van der Waals surface area contributed by atoms with E-state index in [1.807, 2.05) is 61.2 Å². The maximum Gasteiger partial charge on any atom is 0.255 e. The zero-order valence-electron chi connectivity index (χ0n) is 11.1. The monoisotopic (exact) mass is 252 g/mol. The summed E-state index contributed by atoms with van der Waals surface area (Å²) in [5, 5.41) is 0. The average molecular weight is 252 g/mol. The summed E-state index contributed by atoms with van der Waals surface area (Å²) < 4.78 is 0. The number of amides is 1. The largest absolute Gasteiger partial charge is 0.323 e. The molecule has 1 amide bonds. The van der Waals surface area contributed by atoms with Crippen molar-refractivity contribution < 1.29 is 4.79 Å². The number of rotatable bonds is 2. The molecular weight excluding hydrogens is 236 g/mol. The Bertz CT molecular complexity index is 607. The second-order valence-corrected chi connectivity index (χ2v) is 5.05. The molecule has 1 aromatic carbocycles. The second-order valence-electron chi connectivity index (χ2n) is 5.05. The third-order valence-corrected chi connectivity index (χ3v) is 3.52. The van der Waals surface area contributed by atoms with E-state index in [0.717, 1.165) is 16.8 Å². The van der Waals surface area contributed by atoms with Gasteiger partial charge in [0.05, 0.1) is 5.69 Å². The van der Waals surface area contributed by atoms with Crippen LogP contribution in [0.5, 0.6) is 0 Å². The van der Waals surface area contributed by atoms with Crippen LogP contribution in [-0.4, -0.2) is 21.8 Å². The standard InChI is InChI=1S/C16H16N2O/c1-11(2)18-15(14-9-5-6-10-17-14)12-7-3-4-8-13(12)16(18)19/h3-11,15H,1-2H3. The molecule has 2 aromatic rings. The van der Waals surface area contributed by atoms with Gasteiger partial charge in [-0.1, -0.05) is 24.3 Å². The van der Waals surface area contributed by atoms with E-state index < -0.39 is 0 Å². The zero-order valence-corrected chi connectivity index (χ0v) is 11.1. The Kier molecular flexibility index (Phi) is 2.82. The van der Waals surface area contributed by atoms with E-state index in [1.54, 1.807) is 6.20 Å². The molecule has 19 heavy (non-hydrogen) atoms. The molecule has 3 nitrogen and oxygen atoms in total. The molecule has 2 heterocycles. The lowest BCUT2D eigenvalue weighted by Crippen LogP contribution is -2.35. The van der Waals surface area contributed by atoms with E-state index in [9.17, 15) is 4.79 Å². The summed E-state index contributed by atoms with van der Waals surface area (Å²) in [4.78, 5) is 18.9. The molecule has 0 N–H and O–H groups in total. The van der Waals surface area contributed by atoms with E-state index in [4.69, 9.17) is 0 Å². The van der Waals surface area contributed by atoms with E-state index in [2.05, 4.69) is 4.98 Å². The first-order chi connectivity index (χ1) is 9.20. The van der Waals surface area contributed by atoms with Crippen molar-refractivity contribution in [1.82, 2.24) is 9.88 Å². The highest BCUT2D eigenvalue weighted by Crippen LogP contribution is 2.38. The number of fused-ring (bicyclic) bond motifs is 1. The molecule has 0 radical (unpaired) electrons. The minimum absolute atomic E-state index is 0.0649. The van der Waals surface area contributed by atoms with Gasteiger partial charge in [-0.05, 0) is 37.6 Å². The Balaban J connectivity index is 2.17. The van der Waals surface area contributed by atoms with Gasteiger partial charge < -0.3 is 4.90 Å². The van der Waals surface area contributed by atoms with Crippen molar-refractivity contribution in [3.63, 3.8) is 0 Å². The van der Waals surface area contributed by atoms with E-state index in [-0.39, 0.29) is 18.0 Å². The molecule has 0 aliphatic carbocycles. The highest BCUT2D eigenvalue weighted by Gasteiger charge is 2.39. The van der Waals surface area contributed by atoms with Crippen LogP contribution in [0.1, 0.15) is 41.5 Å². The van der Waals surface area contributed by atoms with Crippen LogP contribution in [0.2, 0.25) is 0 Å². The fourth-order valence-corrected chi connectivity index (χ4v) is 2.71. The normalized spacial score (nSPS) is 17.9. The van der Waals surface area contributed by atoms with Gasteiger partial charge in [-0.3, -0.25) is 9.78 Å².